The Kier molecular flexibility index (Phi) is 2.97. The van der Waals surface area contributed by atoms with Crippen molar-refractivity contribution in [1.29, 1.82) is 0 Å². The molecule has 2 rings (SSSR count). The lowest BCUT2D eigenvalue weighted by Crippen LogP contribution is -2.03. The molecule has 0 aliphatic heterocycles. The zero-order valence-electron chi connectivity index (χ0n) is 8.82. The summed E-state index contributed by atoms with van der Waals surface area (Å²) in [4.78, 5) is 9.95. The van der Waals surface area contributed by atoms with Gasteiger partial charge in [0.05, 0.1) is 10.6 Å². The molecule has 0 aliphatic rings. The molecule has 0 unspecified atom stereocenters. The van der Waals surface area contributed by atoms with Crippen molar-refractivity contribution in [2.75, 3.05) is 11.9 Å². The van der Waals surface area contributed by atoms with E-state index in [0.717, 1.165) is 17.9 Å². The summed E-state index contributed by atoms with van der Waals surface area (Å²) in [6.07, 6.45) is 0. The Bertz CT molecular complexity index is 437. The normalized spacial score (nSPS) is 10.3. The highest BCUT2D eigenvalue weighted by molar-refractivity contribution is 7.13. The molecular formula is C11H13N3S. The SMILES string of the molecule is CCNc1nc(C)cc(-c2cccs2)n1. The summed E-state index contributed by atoms with van der Waals surface area (Å²) in [5.41, 5.74) is 1.98. The summed E-state index contributed by atoms with van der Waals surface area (Å²) >= 11 is 1.69. The van der Waals surface area contributed by atoms with Gasteiger partial charge in [0, 0.05) is 12.2 Å². The van der Waals surface area contributed by atoms with Crippen molar-refractivity contribution in [3.05, 3.63) is 29.3 Å². The summed E-state index contributed by atoms with van der Waals surface area (Å²) < 4.78 is 0. The number of thiophene rings is 1. The van der Waals surface area contributed by atoms with Crippen molar-refractivity contribution < 1.29 is 0 Å². The van der Waals surface area contributed by atoms with Crippen LogP contribution in [0.5, 0.6) is 0 Å². The highest BCUT2D eigenvalue weighted by Crippen LogP contribution is 2.23. The van der Waals surface area contributed by atoms with E-state index in [-0.39, 0.29) is 0 Å². The molecule has 4 heteroatoms. The molecule has 78 valence electrons. The quantitative estimate of drug-likeness (QED) is 0.862. The van der Waals surface area contributed by atoms with Crippen LogP contribution in [0.15, 0.2) is 23.6 Å². The summed E-state index contributed by atoms with van der Waals surface area (Å²) in [6, 6.07) is 6.11. The van der Waals surface area contributed by atoms with Gasteiger partial charge in [-0.15, -0.1) is 11.3 Å². The van der Waals surface area contributed by atoms with Crippen LogP contribution in [0.25, 0.3) is 10.6 Å². The molecule has 2 aromatic rings. The van der Waals surface area contributed by atoms with Crippen LogP contribution in [0.2, 0.25) is 0 Å². The average molecular weight is 219 g/mol. The molecule has 0 atom stereocenters. The Morgan fingerprint density at radius 2 is 2.27 bits per heavy atom. The fraction of sp³-hybridized carbons (Fsp3) is 0.273. The molecule has 0 spiro atoms. The van der Waals surface area contributed by atoms with E-state index in [1.807, 2.05) is 26.0 Å². The number of aromatic nitrogens is 2. The lowest BCUT2D eigenvalue weighted by atomic mass is 10.3. The zero-order valence-corrected chi connectivity index (χ0v) is 9.64. The number of aryl methyl sites for hydroxylation is 1. The molecule has 2 aromatic heterocycles. The third-order valence-corrected chi connectivity index (χ3v) is 2.86. The smallest absolute Gasteiger partial charge is 0.223 e. The zero-order chi connectivity index (χ0) is 10.7. The van der Waals surface area contributed by atoms with Crippen LogP contribution in [0.4, 0.5) is 5.95 Å². The maximum Gasteiger partial charge on any atom is 0.223 e. The highest BCUT2D eigenvalue weighted by Gasteiger charge is 2.04. The van der Waals surface area contributed by atoms with Gasteiger partial charge >= 0.3 is 0 Å². The van der Waals surface area contributed by atoms with E-state index < -0.39 is 0 Å². The molecule has 0 fully saturated rings. The maximum absolute atomic E-state index is 4.45. The van der Waals surface area contributed by atoms with Crippen molar-refractivity contribution in [3.63, 3.8) is 0 Å². The Balaban J connectivity index is 2.40. The van der Waals surface area contributed by atoms with Crippen LogP contribution in [0, 0.1) is 6.92 Å². The summed E-state index contributed by atoms with van der Waals surface area (Å²) in [7, 11) is 0. The summed E-state index contributed by atoms with van der Waals surface area (Å²) in [5.74, 6) is 0.709. The van der Waals surface area contributed by atoms with Gasteiger partial charge in [-0.25, -0.2) is 9.97 Å². The number of nitrogens with one attached hydrogen (secondary N) is 1. The average Bonchev–Trinajstić information content (AvgIpc) is 2.70. The van der Waals surface area contributed by atoms with Crippen molar-refractivity contribution in [1.82, 2.24) is 9.97 Å². The third kappa shape index (κ3) is 2.33. The molecule has 2 heterocycles. The van der Waals surface area contributed by atoms with Crippen molar-refractivity contribution >= 4 is 17.3 Å². The van der Waals surface area contributed by atoms with E-state index in [0.29, 0.717) is 5.95 Å². The van der Waals surface area contributed by atoms with E-state index in [2.05, 4.69) is 26.7 Å². The molecule has 1 N–H and O–H groups in total. The van der Waals surface area contributed by atoms with Crippen molar-refractivity contribution in [2.45, 2.75) is 13.8 Å². The van der Waals surface area contributed by atoms with E-state index in [4.69, 9.17) is 0 Å². The van der Waals surface area contributed by atoms with Gasteiger partial charge < -0.3 is 5.32 Å². The molecule has 3 nitrogen and oxygen atoms in total. The van der Waals surface area contributed by atoms with Crippen LogP contribution in [0.3, 0.4) is 0 Å². The number of hydrogen-bond acceptors (Lipinski definition) is 4. The molecule has 0 amide bonds. The first-order chi connectivity index (χ1) is 7.29. The minimum Gasteiger partial charge on any atom is -0.354 e. The first-order valence-electron chi connectivity index (χ1n) is 4.93. The second-order valence-corrected chi connectivity index (χ2v) is 4.17. The fourth-order valence-corrected chi connectivity index (χ4v) is 2.04. The van der Waals surface area contributed by atoms with E-state index >= 15 is 0 Å². The first-order valence-corrected chi connectivity index (χ1v) is 5.81. The largest absolute Gasteiger partial charge is 0.354 e. The molecular weight excluding hydrogens is 206 g/mol. The van der Waals surface area contributed by atoms with Crippen molar-refractivity contribution in [2.24, 2.45) is 0 Å². The Morgan fingerprint density at radius 1 is 1.40 bits per heavy atom. The molecule has 0 saturated carbocycles. The van der Waals surface area contributed by atoms with Gasteiger partial charge in [0.1, 0.15) is 0 Å². The predicted molar refractivity (Wildman–Crippen MR) is 64.2 cm³/mol. The van der Waals surface area contributed by atoms with Crippen LogP contribution >= 0.6 is 11.3 Å². The van der Waals surface area contributed by atoms with Crippen LogP contribution in [0.1, 0.15) is 12.6 Å². The van der Waals surface area contributed by atoms with E-state index in [9.17, 15) is 0 Å². The minimum atomic E-state index is 0.709. The second-order valence-electron chi connectivity index (χ2n) is 3.23. The van der Waals surface area contributed by atoms with Gasteiger partial charge in [0.25, 0.3) is 0 Å². The lowest BCUT2D eigenvalue weighted by molar-refractivity contribution is 1.06. The Morgan fingerprint density at radius 3 is 2.93 bits per heavy atom. The molecule has 0 bridgehead atoms. The van der Waals surface area contributed by atoms with Crippen LogP contribution in [-0.4, -0.2) is 16.5 Å². The van der Waals surface area contributed by atoms with Gasteiger partial charge in [-0.2, -0.15) is 0 Å². The van der Waals surface area contributed by atoms with Crippen molar-refractivity contribution in [3.8, 4) is 10.6 Å². The third-order valence-electron chi connectivity index (χ3n) is 1.96. The van der Waals surface area contributed by atoms with E-state index in [1.54, 1.807) is 11.3 Å². The van der Waals surface area contributed by atoms with Gasteiger partial charge in [-0.3, -0.25) is 0 Å². The molecule has 0 aromatic carbocycles. The van der Waals surface area contributed by atoms with Gasteiger partial charge in [0.2, 0.25) is 5.95 Å². The minimum absolute atomic E-state index is 0.709. The number of anilines is 1. The molecule has 0 saturated heterocycles. The lowest BCUT2D eigenvalue weighted by Gasteiger charge is -2.04. The summed E-state index contributed by atoms with van der Waals surface area (Å²) in [6.45, 7) is 4.86. The molecule has 0 radical (unpaired) electrons. The first kappa shape index (κ1) is 10.1. The Hall–Kier alpha value is -1.42. The van der Waals surface area contributed by atoms with Gasteiger partial charge in [-0.05, 0) is 31.4 Å². The highest BCUT2D eigenvalue weighted by atomic mass is 32.1. The fourth-order valence-electron chi connectivity index (χ4n) is 1.36. The molecule has 15 heavy (non-hydrogen) atoms. The number of nitrogens with zero attached hydrogens (tertiary/aromatic N) is 2. The maximum atomic E-state index is 4.45. The number of rotatable bonds is 3. The standard InChI is InChI=1S/C11H13N3S/c1-3-12-11-13-8(2)7-9(14-11)10-5-4-6-15-10/h4-7H,3H2,1-2H3,(H,12,13,14). The Labute approximate surface area is 93.2 Å². The predicted octanol–water partition coefficient (Wildman–Crippen LogP) is 2.95. The monoisotopic (exact) mass is 219 g/mol. The van der Waals surface area contributed by atoms with Crippen LogP contribution < -0.4 is 5.32 Å². The molecule has 0 aliphatic carbocycles. The van der Waals surface area contributed by atoms with E-state index in [1.165, 1.54) is 4.88 Å². The van der Waals surface area contributed by atoms with Crippen LogP contribution in [-0.2, 0) is 0 Å². The topological polar surface area (TPSA) is 37.8 Å². The summed E-state index contributed by atoms with van der Waals surface area (Å²) in [5, 5.41) is 5.19. The van der Waals surface area contributed by atoms with Gasteiger partial charge in [0.15, 0.2) is 0 Å². The van der Waals surface area contributed by atoms with Gasteiger partial charge in [-0.1, -0.05) is 6.07 Å². The number of hydrogen-bond donors (Lipinski definition) is 1. The second kappa shape index (κ2) is 4.40.